The molecular weight excluding hydrogens is 214 g/mol. The fourth-order valence-corrected chi connectivity index (χ4v) is 2.89. The van der Waals surface area contributed by atoms with Crippen LogP contribution in [0.3, 0.4) is 0 Å². The van der Waals surface area contributed by atoms with Crippen molar-refractivity contribution in [2.24, 2.45) is 5.92 Å². The zero-order valence-corrected chi connectivity index (χ0v) is 11.5. The first-order valence-corrected chi connectivity index (χ1v) is 6.92. The number of rotatable bonds is 4. The summed E-state index contributed by atoms with van der Waals surface area (Å²) >= 11 is 0. The molecule has 2 heterocycles. The molecule has 1 N–H and O–H groups in total. The fraction of sp³-hybridized carbons (Fsp3) is 1.00. The van der Waals surface area contributed by atoms with Crippen molar-refractivity contribution in [1.82, 2.24) is 15.1 Å². The molecule has 4 heteroatoms. The Morgan fingerprint density at radius 2 is 1.88 bits per heavy atom. The van der Waals surface area contributed by atoms with Crippen LogP contribution in [0.25, 0.3) is 0 Å². The van der Waals surface area contributed by atoms with E-state index in [4.69, 9.17) is 4.74 Å². The standard InChI is InChI=1S/C13H27N3O/c1-11(2)16-6-4-15(5-7-16)8-12-9-17-10-13(12)14-3/h11-14H,4-10H2,1-3H3. The number of hydrogen-bond acceptors (Lipinski definition) is 4. The van der Waals surface area contributed by atoms with Crippen molar-refractivity contribution in [1.29, 1.82) is 0 Å². The van der Waals surface area contributed by atoms with Crippen LogP contribution >= 0.6 is 0 Å². The molecule has 2 aliphatic rings. The van der Waals surface area contributed by atoms with E-state index in [9.17, 15) is 0 Å². The maximum atomic E-state index is 5.56. The number of nitrogens with zero attached hydrogens (tertiary/aromatic N) is 2. The highest BCUT2D eigenvalue weighted by Gasteiger charge is 2.29. The van der Waals surface area contributed by atoms with Gasteiger partial charge in [0.25, 0.3) is 0 Å². The summed E-state index contributed by atoms with van der Waals surface area (Å²) in [6.07, 6.45) is 0. The molecule has 0 amide bonds. The molecule has 2 aliphatic heterocycles. The lowest BCUT2D eigenvalue weighted by molar-refractivity contribution is 0.0912. The molecule has 2 rings (SSSR count). The van der Waals surface area contributed by atoms with Crippen molar-refractivity contribution in [3.05, 3.63) is 0 Å². The van der Waals surface area contributed by atoms with Gasteiger partial charge in [0.15, 0.2) is 0 Å². The molecule has 0 aromatic carbocycles. The number of piperazine rings is 1. The van der Waals surface area contributed by atoms with Crippen molar-refractivity contribution >= 4 is 0 Å². The van der Waals surface area contributed by atoms with Crippen LogP contribution in [0.4, 0.5) is 0 Å². The van der Waals surface area contributed by atoms with Gasteiger partial charge >= 0.3 is 0 Å². The summed E-state index contributed by atoms with van der Waals surface area (Å²) in [4.78, 5) is 5.17. The molecule has 0 saturated carbocycles. The maximum Gasteiger partial charge on any atom is 0.0623 e. The molecule has 100 valence electrons. The monoisotopic (exact) mass is 241 g/mol. The number of likely N-dealkylation sites (N-methyl/N-ethyl adjacent to an activating group) is 1. The highest BCUT2D eigenvalue weighted by atomic mass is 16.5. The first kappa shape index (κ1) is 13.3. The molecule has 2 fully saturated rings. The van der Waals surface area contributed by atoms with Crippen LogP contribution in [-0.4, -0.2) is 74.9 Å². The van der Waals surface area contributed by atoms with E-state index in [-0.39, 0.29) is 0 Å². The van der Waals surface area contributed by atoms with E-state index in [2.05, 4.69) is 29.0 Å². The highest BCUT2D eigenvalue weighted by molar-refractivity contribution is 4.84. The molecule has 0 bridgehead atoms. The molecule has 0 spiro atoms. The average molecular weight is 241 g/mol. The molecule has 0 aromatic rings. The van der Waals surface area contributed by atoms with Crippen LogP contribution in [0.2, 0.25) is 0 Å². The van der Waals surface area contributed by atoms with Crippen LogP contribution in [0.15, 0.2) is 0 Å². The molecule has 0 aliphatic carbocycles. The molecule has 2 unspecified atom stereocenters. The van der Waals surface area contributed by atoms with Gasteiger partial charge in [-0.15, -0.1) is 0 Å². The molecule has 0 aromatic heterocycles. The van der Waals surface area contributed by atoms with Crippen molar-refractivity contribution in [2.45, 2.75) is 25.9 Å². The van der Waals surface area contributed by atoms with E-state index < -0.39 is 0 Å². The average Bonchev–Trinajstić information content (AvgIpc) is 2.77. The van der Waals surface area contributed by atoms with E-state index >= 15 is 0 Å². The van der Waals surface area contributed by atoms with Crippen molar-refractivity contribution in [3.8, 4) is 0 Å². The minimum Gasteiger partial charge on any atom is -0.379 e. The molecule has 2 atom stereocenters. The summed E-state index contributed by atoms with van der Waals surface area (Å²) in [7, 11) is 2.04. The van der Waals surface area contributed by atoms with Crippen LogP contribution in [0, 0.1) is 5.92 Å². The molecule has 2 saturated heterocycles. The van der Waals surface area contributed by atoms with Crippen LogP contribution < -0.4 is 5.32 Å². The topological polar surface area (TPSA) is 27.7 Å². The summed E-state index contributed by atoms with van der Waals surface area (Å²) in [6, 6.07) is 1.25. The highest BCUT2D eigenvalue weighted by Crippen LogP contribution is 2.16. The minimum atomic E-state index is 0.554. The second-order valence-corrected chi connectivity index (χ2v) is 5.62. The Bertz CT molecular complexity index is 227. The van der Waals surface area contributed by atoms with Crippen molar-refractivity contribution < 1.29 is 4.74 Å². The van der Waals surface area contributed by atoms with Gasteiger partial charge in [0, 0.05) is 50.7 Å². The first-order valence-electron chi connectivity index (χ1n) is 6.92. The van der Waals surface area contributed by atoms with E-state index in [0.717, 1.165) is 13.2 Å². The Hall–Kier alpha value is -0.160. The Morgan fingerprint density at radius 3 is 2.47 bits per heavy atom. The van der Waals surface area contributed by atoms with Crippen molar-refractivity contribution in [3.63, 3.8) is 0 Å². The van der Waals surface area contributed by atoms with Crippen molar-refractivity contribution in [2.75, 3.05) is 53.0 Å². The zero-order valence-electron chi connectivity index (χ0n) is 11.5. The van der Waals surface area contributed by atoms with Gasteiger partial charge in [-0.1, -0.05) is 0 Å². The van der Waals surface area contributed by atoms with Crippen LogP contribution in [0.5, 0.6) is 0 Å². The maximum absolute atomic E-state index is 5.56. The van der Waals surface area contributed by atoms with Crippen LogP contribution in [-0.2, 0) is 4.74 Å². The van der Waals surface area contributed by atoms with Gasteiger partial charge in [-0.3, -0.25) is 4.90 Å². The molecular formula is C13H27N3O. The third kappa shape index (κ3) is 3.41. The van der Waals surface area contributed by atoms with E-state index in [0.29, 0.717) is 18.0 Å². The Balaban J connectivity index is 1.74. The zero-order chi connectivity index (χ0) is 12.3. The summed E-state index contributed by atoms with van der Waals surface area (Å²) in [6.45, 7) is 12.4. The summed E-state index contributed by atoms with van der Waals surface area (Å²) < 4.78 is 5.56. The normalized spacial score (nSPS) is 32.5. The van der Waals surface area contributed by atoms with Gasteiger partial charge in [-0.25, -0.2) is 0 Å². The quantitative estimate of drug-likeness (QED) is 0.763. The predicted octanol–water partition coefficient (Wildman–Crippen LogP) is 0.247. The Labute approximate surface area is 105 Å². The van der Waals surface area contributed by atoms with Gasteiger partial charge in [0.05, 0.1) is 13.2 Å². The van der Waals surface area contributed by atoms with E-state index in [1.807, 2.05) is 7.05 Å². The van der Waals surface area contributed by atoms with Gasteiger partial charge < -0.3 is 15.0 Å². The minimum absolute atomic E-state index is 0.554. The lowest BCUT2D eigenvalue weighted by Gasteiger charge is -2.38. The number of nitrogens with one attached hydrogen (secondary N) is 1. The summed E-state index contributed by atoms with van der Waals surface area (Å²) in [5.74, 6) is 0.672. The lowest BCUT2D eigenvalue weighted by atomic mass is 10.0. The Kier molecular flexibility index (Phi) is 4.79. The smallest absolute Gasteiger partial charge is 0.0623 e. The largest absolute Gasteiger partial charge is 0.379 e. The third-order valence-electron chi connectivity index (χ3n) is 4.20. The Morgan fingerprint density at radius 1 is 1.18 bits per heavy atom. The lowest BCUT2D eigenvalue weighted by Crippen LogP contribution is -2.51. The third-order valence-corrected chi connectivity index (χ3v) is 4.20. The second-order valence-electron chi connectivity index (χ2n) is 5.62. The first-order chi connectivity index (χ1) is 8.20. The second kappa shape index (κ2) is 6.14. The molecule has 17 heavy (non-hydrogen) atoms. The summed E-state index contributed by atoms with van der Waals surface area (Å²) in [5.41, 5.74) is 0. The van der Waals surface area contributed by atoms with Gasteiger partial charge in [-0.2, -0.15) is 0 Å². The number of ether oxygens (including phenoxy) is 1. The van der Waals surface area contributed by atoms with Crippen LogP contribution in [0.1, 0.15) is 13.8 Å². The number of hydrogen-bond donors (Lipinski definition) is 1. The summed E-state index contributed by atoms with van der Waals surface area (Å²) in [5, 5.41) is 3.37. The van der Waals surface area contributed by atoms with E-state index in [1.54, 1.807) is 0 Å². The van der Waals surface area contributed by atoms with Gasteiger partial charge in [0.1, 0.15) is 0 Å². The molecule has 4 nitrogen and oxygen atoms in total. The van der Waals surface area contributed by atoms with Gasteiger partial charge in [-0.05, 0) is 20.9 Å². The SMILES string of the molecule is CNC1COCC1CN1CCN(C(C)C)CC1. The van der Waals surface area contributed by atoms with E-state index in [1.165, 1.54) is 32.7 Å². The predicted molar refractivity (Wildman–Crippen MR) is 70.3 cm³/mol. The fourth-order valence-electron chi connectivity index (χ4n) is 2.89. The van der Waals surface area contributed by atoms with Gasteiger partial charge in [0.2, 0.25) is 0 Å². The molecule has 0 radical (unpaired) electrons.